The third kappa shape index (κ3) is 10.00. The lowest BCUT2D eigenvalue weighted by Gasteiger charge is -2.25. The normalized spacial score (nSPS) is 14.5. The molecule has 0 spiro atoms. The second kappa shape index (κ2) is 24.0. The number of hydrogen-bond acceptors (Lipinski definition) is 4. The van der Waals surface area contributed by atoms with E-state index in [0.717, 1.165) is 111 Å². The molecule has 20 rings (SSSR count). The van der Waals surface area contributed by atoms with Crippen LogP contribution in [0.4, 0.5) is 0 Å². The van der Waals surface area contributed by atoms with Crippen molar-refractivity contribution in [3.8, 4) is 134 Å². The molecule has 0 aliphatic heterocycles. The highest BCUT2D eigenvalue weighted by atomic mass is 16.4. The molecule has 4 aliphatic carbocycles. The van der Waals surface area contributed by atoms with Crippen LogP contribution < -0.4 is 0 Å². The molecule has 0 radical (unpaired) electrons. The second-order valence-corrected chi connectivity index (χ2v) is 33.1. The molecule has 0 atom stereocenters. The minimum absolute atomic E-state index is 0.249. The molecule has 0 fully saturated rings. The highest BCUT2D eigenvalue weighted by molar-refractivity contribution is 6.32. The zero-order valence-electron chi connectivity index (χ0n) is 63.0. The summed E-state index contributed by atoms with van der Waals surface area (Å²) in [4.78, 5) is 47.7. The number of aromatic carboxylic acids is 4. The Morgan fingerprint density at radius 2 is 0.330 bits per heavy atom. The summed E-state index contributed by atoms with van der Waals surface area (Å²) >= 11 is 0. The van der Waals surface area contributed by atoms with Crippen molar-refractivity contribution in [2.45, 2.75) is 77.0 Å². The Labute approximate surface area is 648 Å². The van der Waals surface area contributed by atoms with E-state index < -0.39 is 45.5 Å². The summed E-state index contributed by atoms with van der Waals surface area (Å²) in [6.45, 7) is 18.6. The largest absolute Gasteiger partial charge is 0.478 e. The molecule has 0 aromatic heterocycles. The Balaban J connectivity index is 0.799. The van der Waals surface area contributed by atoms with Crippen LogP contribution in [0.3, 0.4) is 0 Å². The van der Waals surface area contributed by atoms with E-state index in [2.05, 4.69) is 237 Å². The highest BCUT2D eigenvalue weighted by Gasteiger charge is 2.41. The number of carboxylic acids is 4. The van der Waals surface area contributed by atoms with Crippen molar-refractivity contribution in [1.82, 2.24) is 0 Å². The van der Waals surface area contributed by atoms with Gasteiger partial charge >= 0.3 is 23.9 Å². The van der Waals surface area contributed by atoms with Crippen molar-refractivity contribution in [2.24, 2.45) is 0 Å². The Kier molecular flexibility index (Phi) is 14.5. The van der Waals surface area contributed by atoms with E-state index in [1.807, 2.05) is 48.5 Å². The molecule has 112 heavy (non-hydrogen) atoms. The maximum absolute atomic E-state index is 11.9. The number of hydrogen-bond donors (Lipinski definition) is 4. The summed E-state index contributed by atoms with van der Waals surface area (Å²) < 4.78 is 0. The Morgan fingerprint density at radius 3 is 0.500 bits per heavy atom. The van der Waals surface area contributed by atoms with Gasteiger partial charge in [0.1, 0.15) is 0 Å². The molecule has 16 aromatic rings. The SMILES string of the molecule is CC1(C)c2cc(-c3ccc(C(=O)O)cc3)ccc2-c2ccc(-c3cc(-c4ccc5c(c4)C(C)(C)c4cc(-c6ccc(C(=O)O)cc6)ccc4-5)c4ccc5c(-c6ccc7c(c6)C(C)(C)c6cc(-c8ccc(C(=O)O)cc8)ccc6-7)cc(-c6ccc7c(c6)C(C)(C)c6cc(-c8ccc(C(=O)O)cc8)ccc6-7)c6ccc3c4c65)cc21. The lowest BCUT2D eigenvalue weighted by molar-refractivity contribution is 0.0686. The Morgan fingerprint density at radius 1 is 0.179 bits per heavy atom. The van der Waals surface area contributed by atoms with Gasteiger partial charge in [0, 0.05) is 21.7 Å². The van der Waals surface area contributed by atoms with E-state index >= 15 is 0 Å². The van der Waals surface area contributed by atoms with E-state index in [1.165, 1.54) is 99.8 Å². The monoisotopic (exact) mass is 1450 g/mol. The van der Waals surface area contributed by atoms with Gasteiger partial charge in [-0.25, -0.2) is 19.2 Å². The Bertz CT molecular complexity index is 6060. The van der Waals surface area contributed by atoms with Crippen LogP contribution in [0.2, 0.25) is 0 Å². The fourth-order valence-corrected chi connectivity index (χ4v) is 19.5. The number of rotatable bonds is 12. The van der Waals surface area contributed by atoms with Crippen LogP contribution in [0, 0.1) is 0 Å². The van der Waals surface area contributed by atoms with Crippen molar-refractivity contribution in [2.75, 3.05) is 0 Å². The first-order chi connectivity index (χ1) is 53.8. The lowest BCUT2D eigenvalue weighted by atomic mass is 9.78. The summed E-state index contributed by atoms with van der Waals surface area (Å²) in [5.41, 5.74) is 35.3. The summed E-state index contributed by atoms with van der Waals surface area (Å²) in [6.07, 6.45) is 0. The van der Waals surface area contributed by atoms with Crippen molar-refractivity contribution in [1.29, 1.82) is 0 Å². The zero-order valence-corrected chi connectivity index (χ0v) is 63.0. The van der Waals surface area contributed by atoms with Crippen LogP contribution in [0.25, 0.3) is 166 Å². The van der Waals surface area contributed by atoms with Crippen molar-refractivity contribution >= 4 is 56.2 Å². The maximum Gasteiger partial charge on any atom is 0.335 e. The van der Waals surface area contributed by atoms with Gasteiger partial charge in [-0.15, -0.1) is 0 Å². The first-order valence-electron chi connectivity index (χ1n) is 38.1. The van der Waals surface area contributed by atoms with Gasteiger partial charge in [-0.05, 0) is 320 Å². The van der Waals surface area contributed by atoms with Gasteiger partial charge in [-0.1, -0.05) is 225 Å². The smallest absolute Gasteiger partial charge is 0.335 e. The van der Waals surface area contributed by atoms with Crippen molar-refractivity contribution in [3.63, 3.8) is 0 Å². The van der Waals surface area contributed by atoms with Crippen LogP contribution in [-0.2, 0) is 21.7 Å². The molecule has 8 heteroatoms. The standard InChI is InChI=1S/C104H74O8/c1-101(2)87-45-63(55-9-17-59(18-10-55)97(105)106)25-33-71(87)75-37-29-67(49-91(75)101)83-53-84(68-30-38-76-72-34-26-64(46-88(72)102(3,4)92(76)50-68)56-11-19-60(20-12-56)98(107)108)80-43-44-82-86(70-32-40-78-74-36-28-66(48-90(74)104(7,8)94(78)52-70)58-15-23-62(24-16-58)100(111)112)54-85(81-42-41-79(83)95(80)96(81)82)69-31-39-77-73-35-27-65(47-89(73)103(5,6)93(77)51-69)57-13-21-61(22-14-57)99(109)110/h9-54H,1-8H3,(H,105,106)(H,107,108)(H,109,110)(H,111,112). The van der Waals surface area contributed by atoms with Gasteiger partial charge in [0.05, 0.1) is 22.3 Å². The molecule has 4 aliphatic rings. The minimum atomic E-state index is -0.955. The van der Waals surface area contributed by atoms with Gasteiger partial charge in [-0.2, -0.15) is 0 Å². The fraction of sp³-hybridized carbons (Fsp3) is 0.115. The average Bonchev–Trinajstić information content (AvgIpc) is 1.46. The van der Waals surface area contributed by atoms with Gasteiger partial charge in [0.2, 0.25) is 0 Å². The van der Waals surface area contributed by atoms with Crippen LogP contribution in [0.1, 0.15) is 141 Å². The van der Waals surface area contributed by atoms with Crippen molar-refractivity contribution < 1.29 is 39.6 Å². The van der Waals surface area contributed by atoms with Gasteiger partial charge < -0.3 is 20.4 Å². The molecular weight excluding hydrogens is 1380 g/mol. The van der Waals surface area contributed by atoms with Crippen LogP contribution in [-0.4, -0.2) is 44.3 Å². The third-order valence-corrected chi connectivity index (χ3v) is 25.7. The molecule has 0 saturated heterocycles. The van der Waals surface area contributed by atoms with E-state index in [-0.39, 0.29) is 22.3 Å². The van der Waals surface area contributed by atoms with Gasteiger partial charge in [0.15, 0.2) is 0 Å². The Hall–Kier alpha value is -13.6. The second-order valence-electron chi connectivity index (χ2n) is 33.1. The van der Waals surface area contributed by atoms with Crippen LogP contribution in [0.5, 0.6) is 0 Å². The molecule has 4 N–H and O–H groups in total. The molecule has 0 heterocycles. The first kappa shape index (κ1) is 67.8. The van der Waals surface area contributed by atoms with Crippen LogP contribution >= 0.6 is 0 Å². The summed E-state index contributed by atoms with van der Waals surface area (Å²) in [6, 6.07) is 97.8. The van der Waals surface area contributed by atoms with E-state index in [0.29, 0.717) is 0 Å². The summed E-state index contributed by atoms with van der Waals surface area (Å²) in [5, 5.41) is 46.0. The van der Waals surface area contributed by atoms with E-state index in [1.54, 1.807) is 48.5 Å². The molecule has 8 nitrogen and oxygen atoms in total. The summed E-state index contributed by atoms with van der Waals surface area (Å²) in [7, 11) is 0. The van der Waals surface area contributed by atoms with E-state index in [4.69, 9.17) is 0 Å². The fourth-order valence-electron chi connectivity index (χ4n) is 19.5. The zero-order chi connectivity index (χ0) is 77.1. The molecule has 0 bridgehead atoms. The molecule has 0 saturated carbocycles. The lowest BCUT2D eigenvalue weighted by Crippen LogP contribution is -2.15. The predicted molar refractivity (Wildman–Crippen MR) is 452 cm³/mol. The maximum atomic E-state index is 11.9. The molecule has 16 aromatic carbocycles. The molecule has 0 amide bonds. The predicted octanol–water partition coefficient (Wildman–Crippen LogP) is 25.9. The van der Waals surface area contributed by atoms with E-state index in [9.17, 15) is 39.6 Å². The van der Waals surface area contributed by atoms with Gasteiger partial charge in [0.25, 0.3) is 0 Å². The third-order valence-electron chi connectivity index (χ3n) is 25.7. The summed E-state index contributed by atoms with van der Waals surface area (Å²) in [5.74, 6) is -3.82. The minimum Gasteiger partial charge on any atom is -0.478 e. The number of carboxylic acid groups (broad SMARTS) is 4. The highest BCUT2D eigenvalue weighted by Crippen LogP contribution is 2.58. The molecule has 538 valence electrons. The quantitative estimate of drug-likeness (QED) is 0.0884. The first-order valence-corrected chi connectivity index (χ1v) is 38.1. The number of fused-ring (bicyclic) bond motifs is 12. The van der Waals surface area contributed by atoms with Crippen LogP contribution in [0.15, 0.2) is 279 Å². The van der Waals surface area contributed by atoms with Gasteiger partial charge in [-0.3, -0.25) is 0 Å². The average molecular weight is 1450 g/mol. The molecule has 0 unspecified atom stereocenters. The molecular formula is C104H74O8. The number of carbonyl (C=O) groups is 4. The van der Waals surface area contributed by atoms with Crippen molar-refractivity contribution in [3.05, 3.63) is 346 Å². The number of benzene rings is 16. The topological polar surface area (TPSA) is 149 Å².